The van der Waals surface area contributed by atoms with Crippen LogP contribution in [0.3, 0.4) is 0 Å². The number of benzene rings is 3. The summed E-state index contributed by atoms with van der Waals surface area (Å²) < 4.78 is 11.1. The van der Waals surface area contributed by atoms with Crippen molar-refractivity contribution in [2.45, 2.75) is 45.7 Å². The number of nitrogens with one attached hydrogen (secondary N) is 1. The fourth-order valence-electron chi connectivity index (χ4n) is 5.31. The van der Waals surface area contributed by atoms with Gasteiger partial charge in [0.2, 0.25) is 0 Å². The highest BCUT2D eigenvalue weighted by atomic mass is 16.5. The van der Waals surface area contributed by atoms with E-state index in [1.807, 2.05) is 73.8 Å². The average molecular weight is 539 g/mol. The van der Waals surface area contributed by atoms with Crippen molar-refractivity contribution in [1.82, 2.24) is 9.88 Å². The second-order valence-corrected chi connectivity index (χ2v) is 11.0. The zero-order valence-corrected chi connectivity index (χ0v) is 23.4. The van der Waals surface area contributed by atoms with Crippen LogP contribution < -0.4 is 9.47 Å². The Morgan fingerprint density at radius 1 is 1.02 bits per heavy atom. The number of aliphatic hydroxyl groups is 1. The highest BCUT2D eigenvalue weighted by Crippen LogP contribution is 2.43. The van der Waals surface area contributed by atoms with Crippen LogP contribution in [0.4, 0.5) is 0 Å². The topological polar surface area (TPSA) is 91.9 Å². The predicted molar refractivity (Wildman–Crippen MR) is 155 cm³/mol. The first-order valence-corrected chi connectivity index (χ1v) is 13.4. The van der Waals surface area contributed by atoms with Crippen LogP contribution in [0, 0.1) is 0 Å². The highest BCUT2D eigenvalue weighted by molar-refractivity contribution is 6.46. The maximum atomic E-state index is 13.7. The zero-order valence-electron chi connectivity index (χ0n) is 23.4. The van der Waals surface area contributed by atoms with Crippen molar-refractivity contribution >= 4 is 28.4 Å². The molecule has 1 saturated heterocycles. The summed E-state index contributed by atoms with van der Waals surface area (Å²) in [6, 6.07) is 19.7. The molecule has 1 fully saturated rings. The van der Waals surface area contributed by atoms with E-state index in [1.165, 1.54) is 4.90 Å². The quantitative estimate of drug-likeness (QED) is 0.159. The van der Waals surface area contributed by atoms with Crippen LogP contribution in [0.15, 0.2) is 78.5 Å². The van der Waals surface area contributed by atoms with E-state index in [2.05, 4.69) is 25.8 Å². The summed E-state index contributed by atoms with van der Waals surface area (Å²) in [6.45, 7) is 8.81. The summed E-state index contributed by atoms with van der Waals surface area (Å²) >= 11 is 0. The first-order chi connectivity index (χ1) is 19.1. The lowest BCUT2D eigenvalue weighted by Gasteiger charge is -2.26. The van der Waals surface area contributed by atoms with Crippen molar-refractivity contribution in [2.75, 3.05) is 13.7 Å². The lowest BCUT2D eigenvalue weighted by Crippen LogP contribution is -2.29. The molecule has 7 nitrogen and oxygen atoms in total. The minimum absolute atomic E-state index is 0.0623. The first-order valence-electron chi connectivity index (χ1n) is 13.4. The van der Waals surface area contributed by atoms with Crippen molar-refractivity contribution in [3.05, 3.63) is 101 Å². The number of rotatable bonds is 7. The largest absolute Gasteiger partial charge is 0.507 e. The van der Waals surface area contributed by atoms with Gasteiger partial charge in [-0.05, 0) is 54.3 Å². The number of ketones is 1. The lowest BCUT2D eigenvalue weighted by atomic mass is 9.84. The molecule has 1 aliphatic heterocycles. The van der Waals surface area contributed by atoms with E-state index in [0.29, 0.717) is 17.9 Å². The standard InChI is InChI=1S/C33H34N2O5/c1-6-40-27-16-13-21(17-25(27)33(2,3)4)30(36)28-29(24-18-34-26-10-8-7-9-23(24)26)35(32(38)31(28)37)19-20-11-14-22(39-5)15-12-20/h7-18,29,34,36H,6,19H2,1-5H3/b30-28+. The Balaban J connectivity index is 1.68. The number of likely N-dealkylation sites (tertiary alicyclic amines) is 1. The third-order valence-corrected chi connectivity index (χ3v) is 7.33. The number of ether oxygens (including phenoxy) is 2. The fraction of sp³-hybridized carbons (Fsp3) is 0.273. The highest BCUT2D eigenvalue weighted by Gasteiger charge is 2.47. The predicted octanol–water partition coefficient (Wildman–Crippen LogP) is 6.49. The van der Waals surface area contributed by atoms with Crippen molar-refractivity contribution in [3.63, 3.8) is 0 Å². The second kappa shape index (κ2) is 10.6. The molecule has 40 heavy (non-hydrogen) atoms. The van der Waals surface area contributed by atoms with E-state index < -0.39 is 17.7 Å². The van der Waals surface area contributed by atoms with E-state index in [-0.39, 0.29) is 23.3 Å². The minimum atomic E-state index is -0.789. The maximum Gasteiger partial charge on any atom is 0.295 e. The molecule has 2 heterocycles. The minimum Gasteiger partial charge on any atom is -0.507 e. The summed E-state index contributed by atoms with van der Waals surface area (Å²) in [4.78, 5) is 32.0. The van der Waals surface area contributed by atoms with Crippen molar-refractivity contribution in [3.8, 4) is 11.5 Å². The number of Topliss-reactive ketones (excluding diaryl/α,β-unsaturated/α-hetero) is 1. The average Bonchev–Trinajstić information content (AvgIpc) is 3.47. The van der Waals surface area contributed by atoms with Crippen molar-refractivity contribution in [2.24, 2.45) is 0 Å². The molecule has 0 bridgehead atoms. The SMILES string of the molecule is CCOc1ccc(/C(O)=C2\C(=O)C(=O)N(Cc3ccc(OC)cc3)C2c2c[nH]c3ccccc23)cc1C(C)(C)C. The van der Waals surface area contributed by atoms with Gasteiger partial charge in [0.25, 0.3) is 11.7 Å². The number of carbonyl (C=O) groups is 2. The molecule has 0 spiro atoms. The smallest absolute Gasteiger partial charge is 0.295 e. The van der Waals surface area contributed by atoms with Gasteiger partial charge in [0.1, 0.15) is 17.3 Å². The maximum absolute atomic E-state index is 13.7. The van der Waals surface area contributed by atoms with Gasteiger partial charge in [-0.25, -0.2) is 0 Å². The molecule has 3 aromatic carbocycles. The van der Waals surface area contributed by atoms with Gasteiger partial charge < -0.3 is 24.5 Å². The molecule has 1 atom stereocenters. The van der Waals surface area contributed by atoms with Gasteiger partial charge in [-0.3, -0.25) is 9.59 Å². The van der Waals surface area contributed by atoms with E-state index >= 15 is 0 Å². The molecule has 1 amide bonds. The molecule has 0 saturated carbocycles. The molecule has 1 aliphatic rings. The Bertz CT molecular complexity index is 1610. The van der Waals surface area contributed by atoms with Gasteiger partial charge in [-0.2, -0.15) is 0 Å². The van der Waals surface area contributed by atoms with Gasteiger partial charge in [0.15, 0.2) is 0 Å². The van der Waals surface area contributed by atoms with Crippen LogP contribution in [0.1, 0.15) is 56.0 Å². The lowest BCUT2D eigenvalue weighted by molar-refractivity contribution is -0.140. The number of para-hydroxylation sites is 1. The molecule has 2 N–H and O–H groups in total. The summed E-state index contributed by atoms with van der Waals surface area (Å²) in [6.07, 6.45) is 1.81. The number of nitrogens with zero attached hydrogens (tertiary/aromatic N) is 1. The van der Waals surface area contributed by atoms with Gasteiger partial charge >= 0.3 is 0 Å². The fourth-order valence-corrected chi connectivity index (χ4v) is 5.31. The number of carbonyl (C=O) groups excluding carboxylic acids is 2. The second-order valence-electron chi connectivity index (χ2n) is 11.0. The van der Waals surface area contributed by atoms with Gasteiger partial charge in [-0.15, -0.1) is 0 Å². The Morgan fingerprint density at radius 2 is 1.75 bits per heavy atom. The number of aliphatic hydroxyl groups excluding tert-OH is 1. The Kier molecular flexibility index (Phi) is 7.15. The summed E-state index contributed by atoms with van der Waals surface area (Å²) in [5, 5.41) is 12.6. The van der Waals surface area contributed by atoms with E-state index in [1.54, 1.807) is 13.2 Å². The third kappa shape index (κ3) is 4.83. The number of aromatic nitrogens is 1. The number of aromatic amines is 1. The van der Waals surface area contributed by atoms with Gasteiger partial charge in [0.05, 0.1) is 25.3 Å². The molecule has 0 radical (unpaired) electrons. The zero-order chi connectivity index (χ0) is 28.6. The van der Waals surface area contributed by atoms with Crippen LogP contribution in [0.25, 0.3) is 16.7 Å². The van der Waals surface area contributed by atoms with E-state index in [4.69, 9.17) is 9.47 Å². The first kappa shape index (κ1) is 27.1. The van der Waals surface area contributed by atoms with E-state index in [9.17, 15) is 14.7 Å². The molecule has 7 heteroatoms. The number of hydrogen-bond donors (Lipinski definition) is 2. The molecule has 1 unspecified atom stereocenters. The summed E-state index contributed by atoms with van der Waals surface area (Å²) in [5.41, 5.74) is 3.60. The van der Waals surface area contributed by atoms with Crippen LogP contribution in [-0.2, 0) is 21.5 Å². The summed E-state index contributed by atoms with van der Waals surface area (Å²) in [5.74, 6) is -0.162. The Labute approximate surface area is 234 Å². The monoisotopic (exact) mass is 538 g/mol. The number of fused-ring (bicyclic) bond motifs is 1. The summed E-state index contributed by atoms with van der Waals surface area (Å²) in [7, 11) is 1.59. The molecule has 206 valence electrons. The van der Waals surface area contributed by atoms with Crippen molar-refractivity contribution in [1.29, 1.82) is 0 Å². The molecule has 4 aromatic rings. The number of methoxy groups -OCH3 is 1. The van der Waals surface area contributed by atoms with Gasteiger partial charge in [0, 0.05) is 40.3 Å². The van der Waals surface area contributed by atoms with Crippen LogP contribution in [0.2, 0.25) is 0 Å². The number of H-pyrrole nitrogens is 1. The molecule has 5 rings (SSSR count). The molecule has 0 aliphatic carbocycles. The van der Waals surface area contributed by atoms with Crippen LogP contribution in [-0.4, -0.2) is 40.4 Å². The van der Waals surface area contributed by atoms with Crippen LogP contribution in [0.5, 0.6) is 11.5 Å². The van der Waals surface area contributed by atoms with Gasteiger partial charge in [-0.1, -0.05) is 51.1 Å². The molecular weight excluding hydrogens is 504 g/mol. The molecule has 1 aromatic heterocycles. The van der Waals surface area contributed by atoms with Crippen LogP contribution >= 0.6 is 0 Å². The Hall–Kier alpha value is -4.52. The molecular formula is C33H34N2O5. The Morgan fingerprint density at radius 3 is 2.42 bits per heavy atom. The number of hydrogen-bond acceptors (Lipinski definition) is 5. The number of amides is 1. The van der Waals surface area contributed by atoms with Crippen molar-refractivity contribution < 1.29 is 24.2 Å². The normalized spacial score (nSPS) is 17.0. The third-order valence-electron chi connectivity index (χ3n) is 7.33. The van der Waals surface area contributed by atoms with E-state index in [0.717, 1.165) is 33.3 Å².